The van der Waals surface area contributed by atoms with Gasteiger partial charge >= 0.3 is 0 Å². The molecule has 0 unspecified atom stereocenters. The first-order valence-corrected chi connectivity index (χ1v) is 8.23. The maximum Gasteiger partial charge on any atom is 0.217 e. The first-order valence-electron chi connectivity index (χ1n) is 7.85. The minimum Gasteiger partial charge on any atom is -0.329 e. The van der Waals surface area contributed by atoms with Gasteiger partial charge in [0.15, 0.2) is 11.0 Å². The van der Waals surface area contributed by atoms with Crippen LogP contribution >= 0.6 is 11.6 Å². The van der Waals surface area contributed by atoms with Crippen molar-refractivity contribution in [3.05, 3.63) is 41.6 Å². The third kappa shape index (κ3) is 2.59. The standard InChI is InChI=1S/C16H17ClN8/c1-10-11(12-3-6-23(2)21-12)9-25-13(10)14(17)20-15(22-25)16-19-5-8-24(16)7-4-18/h3,5-6,8-9H,4,7,18H2,1-2H3. The zero-order valence-electron chi connectivity index (χ0n) is 13.9. The van der Waals surface area contributed by atoms with Crippen molar-refractivity contribution in [3.8, 4) is 22.9 Å². The van der Waals surface area contributed by atoms with Crippen molar-refractivity contribution in [1.29, 1.82) is 0 Å². The van der Waals surface area contributed by atoms with Crippen molar-refractivity contribution in [1.82, 2.24) is 33.9 Å². The number of aromatic nitrogens is 7. The average molecular weight is 357 g/mol. The van der Waals surface area contributed by atoms with Crippen molar-refractivity contribution in [2.45, 2.75) is 13.5 Å². The first-order chi connectivity index (χ1) is 12.1. The molecule has 0 spiro atoms. The molecule has 0 bridgehead atoms. The van der Waals surface area contributed by atoms with Crippen LogP contribution in [0, 0.1) is 6.92 Å². The van der Waals surface area contributed by atoms with Gasteiger partial charge in [0.25, 0.3) is 0 Å². The van der Waals surface area contributed by atoms with Gasteiger partial charge in [-0.2, -0.15) is 5.10 Å². The molecule has 9 heteroatoms. The highest BCUT2D eigenvalue weighted by molar-refractivity contribution is 6.33. The summed E-state index contributed by atoms with van der Waals surface area (Å²) in [6.07, 6.45) is 7.37. The van der Waals surface area contributed by atoms with E-state index >= 15 is 0 Å². The highest BCUT2D eigenvalue weighted by atomic mass is 35.5. The molecule has 0 aliphatic carbocycles. The van der Waals surface area contributed by atoms with Crippen molar-refractivity contribution in [2.24, 2.45) is 12.8 Å². The molecule has 0 aliphatic rings. The van der Waals surface area contributed by atoms with Crippen LogP contribution in [0.1, 0.15) is 5.56 Å². The Morgan fingerprint density at radius 3 is 2.80 bits per heavy atom. The van der Waals surface area contributed by atoms with Crippen LogP contribution in [0.5, 0.6) is 0 Å². The van der Waals surface area contributed by atoms with Crippen molar-refractivity contribution in [3.63, 3.8) is 0 Å². The quantitative estimate of drug-likeness (QED) is 0.603. The van der Waals surface area contributed by atoms with Gasteiger partial charge in [-0.25, -0.2) is 14.5 Å². The fourth-order valence-electron chi connectivity index (χ4n) is 2.93. The molecule has 4 heterocycles. The van der Waals surface area contributed by atoms with Gasteiger partial charge in [-0.15, -0.1) is 5.10 Å². The molecular weight excluding hydrogens is 340 g/mol. The first kappa shape index (κ1) is 15.8. The van der Waals surface area contributed by atoms with Gasteiger partial charge in [0.1, 0.15) is 5.52 Å². The summed E-state index contributed by atoms with van der Waals surface area (Å²) in [6, 6.07) is 1.96. The molecule has 0 saturated heterocycles. The number of nitrogens with zero attached hydrogens (tertiary/aromatic N) is 7. The number of fused-ring (bicyclic) bond motifs is 1. The summed E-state index contributed by atoms with van der Waals surface area (Å²) in [4.78, 5) is 8.78. The van der Waals surface area contributed by atoms with E-state index < -0.39 is 0 Å². The summed E-state index contributed by atoms with van der Waals surface area (Å²) >= 11 is 6.46. The Hall–Kier alpha value is -2.71. The number of halogens is 1. The SMILES string of the molecule is Cc1c(-c2ccn(C)n2)cn2nc(-c3nccn3CCN)nc(Cl)c12. The van der Waals surface area contributed by atoms with Gasteiger partial charge in [-0.3, -0.25) is 4.68 Å². The molecule has 128 valence electrons. The topological polar surface area (TPSA) is 91.9 Å². The monoisotopic (exact) mass is 356 g/mol. The lowest BCUT2D eigenvalue weighted by molar-refractivity contribution is 0.707. The molecule has 0 radical (unpaired) electrons. The number of rotatable bonds is 4. The minimum atomic E-state index is 0.381. The molecule has 4 rings (SSSR count). The van der Waals surface area contributed by atoms with E-state index in [1.165, 1.54) is 0 Å². The molecule has 4 aromatic rings. The molecule has 8 nitrogen and oxygen atoms in total. The third-order valence-corrected chi connectivity index (χ3v) is 4.38. The second kappa shape index (κ2) is 5.98. The van der Waals surface area contributed by atoms with E-state index in [9.17, 15) is 0 Å². The predicted molar refractivity (Wildman–Crippen MR) is 95.2 cm³/mol. The van der Waals surface area contributed by atoms with Crippen molar-refractivity contribution < 1.29 is 0 Å². The largest absolute Gasteiger partial charge is 0.329 e. The van der Waals surface area contributed by atoms with E-state index in [4.69, 9.17) is 17.3 Å². The van der Waals surface area contributed by atoms with Gasteiger partial charge < -0.3 is 10.3 Å². The number of nitrogens with two attached hydrogens (primary N) is 1. The van der Waals surface area contributed by atoms with Crippen LogP contribution in [0.4, 0.5) is 0 Å². The van der Waals surface area contributed by atoms with E-state index in [1.807, 2.05) is 43.2 Å². The lowest BCUT2D eigenvalue weighted by atomic mass is 10.1. The van der Waals surface area contributed by atoms with E-state index in [0.717, 1.165) is 22.3 Å². The summed E-state index contributed by atoms with van der Waals surface area (Å²) in [5.74, 6) is 1.10. The fourth-order valence-corrected chi connectivity index (χ4v) is 3.24. The summed E-state index contributed by atoms with van der Waals surface area (Å²) in [5, 5.41) is 9.44. The maximum absolute atomic E-state index is 6.46. The number of hydrogen-bond donors (Lipinski definition) is 1. The summed E-state index contributed by atoms with van der Waals surface area (Å²) < 4.78 is 5.42. The van der Waals surface area contributed by atoms with Crippen molar-refractivity contribution in [2.75, 3.05) is 6.54 Å². The predicted octanol–water partition coefficient (Wildman–Crippen LogP) is 1.91. The molecule has 2 N–H and O–H groups in total. The molecule has 0 atom stereocenters. The summed E-state index contributed by atoms with van der Waals surface area (Å²) in [7, 11) is 1.89. The van der Waals surface area contributed by atoms with Crippen LogP contribution in [-0.4, -0.2) is 40.5 Å². The van der Waals surface area contributed by atoms with Crippen LogP contribution in [0.15, 0.2) is 30.9 Å². The highest BCUT2D eigenvalue weighted by Crippen LogP contribution is 2.30. The van der Waals surface area contributed by atoms with Gasteiger partial charge in [-0.1, -0.05) is 11.6 Å². The van der Waals surface area contributed by atoms with Gasteiger partial charge in [0.05, 0.1) is 5.69 Å². The molecule has 25 heavy (non-hydrogen) atoms. The maximum atomic E-state index is 6.46. The fraction of sp³-hybridized carbons (Fsp3) is 0.250. The molecular formula is C16H17ClN8. The number of hydrogen-bond acceptors (Lipinski definition) is 5. The summed E-state index contributed by atoms with van der Waals surface area (Å²) in [6.45, 7) is 3.13. The molecule has 0 aromatic carbocycles. The van der Waals surface area contributed by atoms with Gasteiger partial charge in [-0.05, 0) is 18.6 Å². The second-order valence-electron chi connectivity index (χ2n) is 5.79. The lowest BCUT2D eigenvalue weighted by Gasteiger charge is -2.06. The van der Waals surface area contributed by atoms with E-state index in [2.05, 4.69) is 20.2 Å². The number of aryl methyl sites for hydroxylation is 2. The number of imidazole rings is 1. The van der Waals surface area contributed by atoms with Crippen LogP contribution in [0.25, 0.3) is 28.4 Å². The van der Waals surface area contributed by atoms with Crippen LogP contribution in [-0.2, 0) is 13.6 Å². The van der Waals surface area contributed by atoms with Crippen molar-refractivity contribution >= 4 is 17.1 Å². The zero-order valence-corrected chi connectivity index (χ0v) is 14.6. The summed E-state index contributed by atoms with van der Waals surface area (Å²) in [5.41, 5.74) is 9.24. The zero-order chi connectivity index (χ0) is 17.6. The van der Waals surface area contributed by atoms with E-state index in [1.54, 1.807) is 15.4 Å². The Labute approximate surface area is 148 Å². The Bertz CT molecular complexity index is 1060. The second-order valence-corrected chi connectivity index (χ2v) is 6.15. The smallest absolute Gasteiger partial charge is 0.217 e. The lowest BCUT2D eigenvalue weighted by Crippen LogP contribution is -2.11. The van der Waals surface area contributed by atoms with Crippen LogP contribution < -0.4 is 5.73 Å². The average Bonchev–Trinajstić information content (AvgIpc) is 3.27. The Balaban J connectivity index is 1.89. The molecule has 0 amide bonds. The van der Waals surface area contributed by atoms with Gasteiger partial charge in [0.2, 0.25) is 5.82 Å². The third-order valence-electron chi connectivity index (χ3n) is 4.12. The molecule has 0 aliphatic heterocycles. The van der Waals surface area contributed by atoms with E-state index in [0.29, 0.717) is 29.9 Å². The van der Waals surface area contributed by atoms with E-state index in [-0.39, 0.29) is 0 Å². The highest BCUT2D eigenvalue weighted by Gasteiger charge is 2.18. The molecule has 0 saturated carbocycles. The molecule has 4 aromatic heterocycles. The Kier molecular flexibility index (Phi) is 3.78. The van der Waals surface area contributed by atoms with Crippen LogP contribution in [0.2, 0.25) is 5.15 Å². The Morgan fingerprint density at radius 1 is 1.24 bits per heavy atom. The Morgan fingerprint density at radius 2 is 2.08 bits per heavy atom. The molecule has 0 fully saturated rings. The van der Waals surface area contributed by atoms with Crippen LogP contribution in [0.3, 0.4) is 0 Å². The van der Waals surface area contributed by atoms with Gasteiger partial charge in [0, 0.05) is 50.5 Å². The minimum absolute atomic E-state index is 0.381. The normalized spacial score (nSPS) is 11.5.